The van der Waals surface area contributed by atoms with Crippen LogP contribution in [0.1, 0.15) is 96.5 Å². The normalized spacial score (nSPS) is 10.6. The number of hydrogen-bond acceptors (Lipinski definition) is 5. The van der Waals surface area contributed by atoms with Crippen molar-refractivity contribution in [3.05, 3.63) is 60.2 Å². The summed E-state index contributed by atoms with van der Waals surface area (Å²) in [6.07, 6.45) is 14.6. The van der Waals surface area contributed by atoms with Crippen LogP contribution in [-0.4, -0.2) is 49.0 Å². The zero-order valence-electron chi connectivity index (χ0n) is 25.8. The topological polar surface area (TPSA) is 99.8 Å². The van der Waals surface area contributed by atoms with Crippen LogP contribution in [0.3, 0.4) is 0 Å². The van der Waals surface area contributed by atoms with Crippen molar-refractivity contribution in [2.75, 3.05) is 31.6 Å². The van der Waals surface area contributed by atoms with Crippen molar-refractivity contribution < 1.29 is 19.1 Å². The minimum atomic E-state index is -0.288. The van der Waals surface area contributed by atoms with Gasteiger partial charge in [-0.05, 0) is 49.1 Å². The third-order valence-electron chi connectivity index (χ3n) is 7.03. The summed E-state index contributed by atoms with van der Waals surface area (Å²) in [6, 6.07) is 17.2. The maximum Gasteiger partial charge on any atom is 0.260 e. The highest BCUT2D eigenvalue weighted by Gasteiger charge is 2.14. The molecular formula is C34H52N4O4. The van der Waals surface area contributed by atoms with E-state index in [0.717, 1.165) is 24.2 Å². The lowest BCUT2D eigenvalue weighted by Crippen LogP contribution is -2.48. The molecule has 8 heteroatoms. The van der Waals surface area contributed by atoms with Gasteiger partial charge in [0.15, 0.2) is 0 Å². The number of nitrogens with one attached hydrogen (secondary N) is 3. The minimum absolute atomic E-state index is 0.0451. The number of carbonyl (C=O) groups is 3. The van der Waals surface area contributed by atoms with Crippen molar-refractivity contribution in [2.24, 2.45) is 0 Å². The fraction of sp³-hybridized carbons (Fsp3) is 0.559. The predicted octanol–water partition coefficient (Wildman–Crippen LogP) is 6.42. The highest BCUT2D eigenvalue weighted by atomic mass is 16.5. The Balaban J connectivity index is 1.54. The Morgan fingerprint density at radius 2 is 1.43 bits per heavy atom. The lowest BCUT2D eigenvalue weighted by Gasteiger charge is -2.23. The van der Waals surface area contributed by atoms with Crippen LogP contribution in [0.4, 0.5) is 5.69 Å². The average Bonchev–Trinajstić information content (AvgIpc) is 3.00. The van der Waals surface area contributed by atoms with E-state index in [1.165, 1.54) is 69.7 Å². The smallest absolute Gasteiger partial charge is 0.260 e. The van der Waals surface area contributed by atoms with E-state index in [-0.39, 0.29) is 24.3 Å². The summed E-state index contributed by atoms with van der Waals surface area (Å²) in [5.41, 5.74) is 4.48. The second-order valence-electron chi connectivity index (χ2n) is 10.8. The van der Waals surface area contributed by atoms with E-state index in [2.05, 4.69) is 23.0 Å². The van der Waals surface area contributed by atoms with Gasteiger partial charge in [0.25, 0.3) is 5.91 Å². The third kappa shape index (κ3) is 16.7. The number of hydrazine groups is 1. The fourth-order valence-electron chi connectivity index (χ4n) is 4.61. The molecule has 0 aliphatic carbocycles. The molecule has 0 spiro atoms. The van der Waals surface area contributed by atoms with Gasteiger partial charge in [-0.25, -0.2) is 0 Å². The molecule has 2 aromatic carbocycles. The van der Waals surface area contributed by atoms with Crippen molar-refractivity contribution in [2.45, 2.75) is 97.3 Å². The van der Waals surface area contributed by atoms with Crippen LogP contribution in [0.2, 0.25) is 0 Å². The zero-order valence-corrected chi connectivity index (χ0v) is 25.8. The molecule has 0 aliphatic rings. The molecule has 0 radical (unpaired) electrons. The predicted molar refractivity (Wildman–Crippen MR) is 170 cm³/mol. The Morgan fingerprint density at radius 3 is 2.07 bits per heavy atom. The molecule has 2 aromatic rings. The molecule has 0 atom stereocenters. The SMILES string of the molecule is CCCCCCCCCCCCNC(=O)CCCOc1ccc(NCC(=O)N(CCc2ccccc2)NC(C)=O)cc1. The van der Waals surface area contributed by atoms with Crippen molar-refractivity contribution >= 4 is 23.4 Å². The molecule has 232 valence electrons. The van der Waals surface area contributed by atoms with Gasteiger partial charge in [-0.2, -0.15) is 0 Å². The average molecular weight is 581 g/mol. The molecule has 0 fully saturated rings. The van der Waals surface area contributed by atoms with Crippen molar-refractivity contribution in [1.82, 2.24) is 15.8 Å². The molecule has 0 unspecified atom stereocenters. The van der Waals surface area contributed by atoms with E-state index >= 15 is 0 Å². The van der Waals surface area contributed by atoms with Gasteiger partial charge < -0.3 is 15.4 Å². The number of unbranched alkanes of at least 4 members (excludes halogenated alkanes) is 9. The lowest BCUT2D eigenvalue weighted by atomic mass is 10.1. The number of amides is 3. The van der Waals surface area contributed by atoms with Gasteiger partial charge in [0.2, 0.25) is 11.8 Å². The van der Waals surface area contributed by atoms with E-state index in [0.29, 0.717) is 38.2 Å². The monoisotopic (exact) mass is 580 g/mol. The number of ether oxygens (including phenoxy) is 1. The van der Waals surface area contributed by atoms with Crippen LogP contribution >= 0.6 is 0 Å². The Hall–Kier alpha value is -3.55. The molecule has 3 amide bonds. The largest absolute Gasteiger partial charge is 0.494 e. The molecule has 2 rings (SSSR count). The Kier molecular flexibility index (Phi) is 18.2. The Bertz CT molecular complexity index is 1010. The van der Waals surface area contributed by atoms with Crippen molar-refractivity contribution in [3.63, 3.8) is 0 Å². The summed E-state index contributed by atoms with van der Waals surface area (Å²) in [6.45, 7) is 5.28. The highest BCUT2D eigenvalue weighted by Crippen LogP contribution is 2.16. The molecule has 0 bridgehead atoms. The number of hydrogen-bond donors (Lipinski definition) is 3. The quantitative estimate of drug-likeness (QED) is 0.110. The summed E-state index contributed by atoms with van der Waals surface area (Å²) < 4.78 is 5.77. The maximum atomic E-state index is 12.7. The molecule has 0 saturated carbocycles. The Morgan fingerprint density at radius 1 is 0.786 bits per heavy atom. The van der Waals surface area contributed by atoms with Gasteiger partial charge in [0.05, 0.1) is 13.2 Å². The van der Waals surface area contributed by atoms with E-state index in [1.54, 1.807) is 0 Å². The first kappa shape index (κ1) is 34.7. The van der Waals surface area contributed by atoms with Gasteiger partial charge in [-0.1, -0.05) is 95.0 Å². The van der Waals surface area contributed by atoms with Crippen LogP contribution in [0, 0.1) is 0 Å². The second kappa shape index (κ2) is 22.1. The first-order valence-corrected chi connectivity index (χ1v) is 15.8. The minimum Gasteiger partial charge on any atom is -0.494 e. The van der Waals surface area contributed by atoms with Crippen molar-refractivity contribution in [1.29, 1.82) is 0 Å². The highest BCUT2D eigenvalue weighted by molar-refractivity contribution is 5.84. The summed E-state index contributed by atoms with van der Waals surface area (Å²) in [5, 5.41) is 7.47. The molecule has 0 aromatic heterocycles. The molecule has 0 heterocycles. The van der Waals surface area contributed by atoms with Gasteiger partial charge in [-0.15, -0.1) is 0 Å². The maximum absolute atomic E-state index is 12.7. The summed E-state index contributed by atoms with van der Waals surface area (Å²) in [5.74, 6) is 0.272. The van der Waals surface area contributed by atoms with E-state index in [4.69, 9.17) is 4.74 Å². The van der Waals surface area contributed by atoms with E-state index in [1.807, 2.05) is 54.6 Å². The van der Waals surface area contributed by atoms with Crippen LogP contribution < -0.4 is 20.8 Å². The van der Waals surface area contributed by atoms with Crippen LogP contribution in [-0.2, 0) is 20.8 Å². The van der Waals surface area contributed by atoms with E-state index in [9.17, 15) is 14.4 Å². The summed E-state index contributed by atoms with van der Waals surface area (Å²) >= 11 is 0. The molecule has 0 aliphatic heterocycles. The number of carbonyl (C=O) groups excluding carboxylic acids is 3. The molecule has 3 N–H and O–H groups in total. The van der Waals surface area contributed by atoms with Crippen molar-refractivity contribution in [3.8, 4) is 5.75 Å². The van der Waals surface area contributed by atoms with Gasteiger partial charge >= 0.3 is 0 Å². The molecule has 0 saturated heterocycles. The van der Waals surface area contributed by atoms with E-state index < -0.39 is 0 Å². The molecule has 42 heavy (non-hydrogen) atoms. The molecular weight excluding hydrogens is 528 g/mol. The first-order valence-electron chi connectivity index (χ1n) is 15.8. The number of nitrogens with zero attached hydrogens (tertiary/aromatic N) is 1. The summed E-state index contributed by atoms with van der Waals surface area (Å²) in [4.78, 5) is 36.4. The van der Waals surface area contributed by atoms with Gasteiger partial charge in [0.1, 0.15) is 5.75 Å². The van der Waals surface area contributed by atoms with Crippen LogP contribution in [0.25, 0.3) is 0 Å². The lowest BCUT2D eigenvalue weighted by molar-refractivity contribution is -0.139. The first-order chi connectivity index (χ1) is 20.5. The Labute approximate surface area is 252 Å². The van der Waals surface area contributed by atoms with Crippen LogP contribution in [0.5, 0.6) is 5.75 Å². The zero-order chi connectivity index (χ0) is 30.3. The molecule has 8 nitrogen and oxygen atoms in total. The fourth-order valence-corrected chi connectivity index (χ4v) is 4.61. The standard InChI is InChI=1S/C34H52N4O4/c1-3-4-5-6-7-8-9-10-11-15-25-35-33(40)19-16-27-42-32-22-20-31(21-23-32)36-28-34(41)38(37-29(2)39)26-24-30-17-13-12-14-18-30/h12-14,17-18,20-23,36H,3-11,15-16,19,24-28H2,1-2H3,(H,35,40)(H,37,39). The third-order valence-corrected chi connectivity index (χ3v) is 7.03. The van der Waals surface area contributed by atoms with Gasteiger partial charge in [0, 0.05) is 32.1 Å². The number of anilines is 1. The second-order valence-corrected chi connectivity index (χ2v) is 10.8. The van der Waals surface area contributed by atoms with Crippen LogP contribution in [0.15, 0.2) is 54.6 Å². The van der Waals surface area contributed by atoms with Gasteiger partial charge in [-0.3, -0.25) is 24.8 Å². The summed E-state index contributed by atoms with van der Waals surface area (Å²) in [7, 11) is 0. The number of rotatable bonds is 22. The number of benzene rings is 2.